The van der Waals surface area contributed by atoms with Crippen LogP contribution in [-0.4, -0.2) is 41.3 Å². The average molecular weight is 326 g/mol. The van der Waals surface area contributed by atoms with Crippen LogP contribution in [0.1, 0.15) is 20.8 Å². The first kappa shape index (κ1) is 16.0. The van der Waals surface area contributed by atoms with Crippen LogP contribution in [0.2, 0.25) is 0 Å². The number of likely N-dealkylation sites (tertiary alicyclic amines) is 1. The molecule has 2 unspecified atom stereocenters. The lowest BCUT2D eigenvalue weighted by molar-refractivity contribution is 0.0260. The minimum atomic E-state index is -0.800. The van der Waals surface area contributed by atoms with Crippen molar-refractivity contribution >= 4 is 6.09 Å². The minimum Gasteiger partial charge on any atom is -0.487 e. The highest BCUT2D eigenvalue weighted by molar-refractivity contribution is 5.69. The average Bonchev–Trinajstić information content (AvgIpc) is 2.89. The molecule has 2 atom stereocenters. The fraction of sp³-hybridized carbons (Fsp3) is 0.625. The van der Waals surface area contributed by atoms with Gasteiger partial charge in [0.1, 0.15) is 5.60 Å². The fourth-order valence-corrected chi connectivity index (χ4v) is 3.09. The number of piperidine rings is 1. The van der Waals surface area contributed by atoms with Crippen molar-refractivity contribution in [1.82, 2.24) is 9.88 Å². The molecular formula is C16H20F2N2O3. The van der Waals surface area contributed by atoms with E-state index in [9.17, 15) is 13.6 Å². The first-order valence-corrected chi connectivity index (χ1v) is 7.66. The zero-order valence-corrected chi connectivity index (χ0v) is 13.4. The molecule has 0 spiro atoms. The van der Waals surface area contributed by atoms with E-state index in [0.29, 0.717) is 24.9 Å². The highest BCUT2D eigenvalue weighted by atomic mass is 19.1. The van der Waals surface area contributed by atoms with Gasteiger partial charge in [-0.1, -0.05) is 0 Å². The van der Waals surface area contributed by atoms with Crippen LogP contribution in [-0.2, 0) is 4.74 Å². The Labute approximate surface area is 133 Å². The number of fused-ring (bicyclic) bond motifs is 1. The molecule has 2 fully saturated rings. The Kier molecular flexibility index (Phi) is 3.90. The van der Waals surface area contributed by atoms with Gasteiger partial charge < -0.3 is 14.4 Å². The second kappa shape index (κ2) is 5.62. The molecule has 5 nitrogen and oxygen atoms in total. The molecule has 1 saturated heterocycles. The van der Waals surface area contributed by atoms with Crippen LogP contribution in [0, 0.1) is 29.4 Å². The summed E-state index contributed by atoms with van der Waals surface area (Å²) in [7, 11) is 0. The van der Waals surface area contributed by atoms with Gasteiger partial charge in [0.05, 0.1) is 19.0 Å². The predicted molar refractivity (Wildman–Crippen MR) is 77.9 cm³/mol. The van der Waals surface area contributed by atoms with Gasteiger partial charge in [0, 0.05) is 19.0 Å². The minimum absolute atomic E-state index is 0.223. The molecule has 0 radical (unpaired) electrons. The van der Waals surface area contributed by atoms with Gasteiger partial charge in [-0.15, -0.1) is 0 Å². The van der Waals surface area contributed by atoms with Crippen LogP contribution in [0.25, 0.3) is 0 Å². The number of halogens is 2. The molecule has 1 aromatic rings. The number of carbonyl (C=O) groups is 1. The molecule has 1 aromatic heterocycles. The number of ether oxygens (including phenoxy) is 2. The van der Waals surface area contributed by atoms with Crippen LogP contribution in [0.15, 0.2) is 12.4 Å². The first-order valence-electron chi connectivity index (χ1n) is 7.66. The predicted octanol–water partition coefficient (Wildman–Crippen LogP) is 2.85. The van der Waals surface area contributed by atoms with Gasteiger partial charge >= 0.3 is 6.09 Å². The van der Waals surface area contributed by atoms with E-state index in [4.69, 9.17) is 9.47 Å². The van der Waals surface area contributed by atoms with Gasteiger partial charge in [-0.25, -0.2) is 13.6 Å². The van der Waals surface area contributed by atoms with Crippen molar-refractivity contribution in [2.45, 2.75) is 26.4 Å². The number of hydrogen-bond donors (Lipinski definition) is 0. The normalized spacial score (nSPS) is 26.0. The molecule has 23 heavy (non-hydrogen) atoms. The lowest BCUT2D eigenvalue weighted by Gasteiger charge is -2.25. The molecule has 126 valence electrons. The quantitative estimate of drug-likeness (QED) is 0.857. The topological polar surface area (TPSA) is 51.7 Å². The van der Waals surface area contributed by atoms with E-state index in [0.717, 1.165) is 12.4 Å². The van der Waals surface area contributed by atoms with Crippen molar-refractivity contribution in [2.75, 3.05) is 19.7 Å². The Morgan fingerprint density at radius 1 is 1.26 bits per heavy atom. The zero-order valence-electron chi connectivity index (χ0n) is 13.4. The van der Waals surface area contributed by atoms with E-state index in [1.807, 2.05) is 20.8 Å². The summed E-state index contributed by atoms with van der Waals surface area (Å²) >= 11 is 0. The van der Waals surface area contributed by atoms with Gasteiger partial charge in [0.2, 0.25) is 0 Å². The summed E-state index contributed by atoms with van der Waals surface area (Å²) in [6, 6.07) is 0. The molecule has 1 amide bonds. The number of amides is 1. The van der Waals surface area contributed by atoms with Gasteiger partial charge in [-0.2, -0.15) is 0 Å². The lowest BCUT2D eigenvalue weighted by atomic mass is 10.2. The van der Waals surface area contributed by atoms with E-state index in [2.05, 4.69) is 4.98 Å². The van der Waals surface area contributed by atoms with Crippen LogP contribution >= 0.6 is 0 Å². The van der Waals surface area contributed by atoms with E-state index in [1.165, 1.54) is 0 Å². The number of aromatic nitrogens is 1. The molecule has 0 aromatic carbocycles. The van der Waals surface area contributed by atoms with Crippen LogP contribution < -0.4 is 4.74 Å². The smallest absolute Gasteiger partial charge is 0.410 e. The van der Waals surface area contributed by atoms with Crippen LogP contribution in [0.5, 0.6) is 5.75 Å². The fourth-order valence-electron chi connectivity index (χ4n) is 3.09. The zero-order chi connectivity index (χ0) is 16.8. The van der Waals surface area contributed by atoms with Gasteiger partial charge in [0.25, 0.3) is 0 Å². The molecule has 0 N–H and O–H groups in total. The number of carbonyl (C=O) groups excluding carboxylic acids is 1. The van der Waals surface area contributed by atoms with Crippen molar-refractivity contribution in [1.29, 1.82) is 0 Å². The molecule has 1 saturated carbocycles. The molecule has 2 heterocycles. The third-order valence-electron chi connectivity index (χ3n) is 4.25. The maximum atomic E-state index is 13.4. The largest absolute Gasteiger partial charge is 0.487 e. The Hall–Kier alpha value is -1.92. The maximum absolute atomic E-state index is 13.4. The molecule has 1 aliphatic carbocycles. The Bertz CT molecular complexity index is 586. The van der Waals surface area contributed by atoms with Crippen LogP contribution in [0.3, 0.4) is 0 Å². The van der Waals surface area contributed by atoms with Crippen molar-refractivity contribution in [2.24, 2.45) is 17.8 Å². The van der Waals surface area contributed by atoms with Gasteiger partial charge in [-0.3, -0.25) is 4.98 Å². The Morgan fingerprint density at radius 3 is 2.35 bits per heavy atom. The van der Waals surface area contributed by atoms with Crippen molar-refractivity contribution < 1.29 is 23.0 Å². The maximum Gasteiger partial charge on any atom is 0.410 e. The second-order valence-corrected chi connectivity index (χ2v) is 7.12. The molecular weight excluding hydrogens is 306 g/mol. The van der Waals surface area contributed by atoms with Crippen LogP contribution in [0.4, 0.5) is 13.6 Å². The standard InChI is InChI=1S/C16H20F2N2O3/c1-16(2,3)23-15(21)20-6-9-10(7-20)11(9)8-22-14-12(17)4-19-5-13(14)18/h4-5,9-11H,6-8H2,1-3H3. The number of pyridine rings is 1. The molecule has 7 heteroatoms. The highest BCUT2D eigenvalue weighted by Gasteiger charge is 2.57. The number of rotatable bonds is 3. The molecule has 1 aliphatic heterocycles. The van der Waals surface area contributed by atoms with E-state index < -0.39 is 17.2 Å². The van der Waals surface area contributed by atoms with E-state index in [1.54, 1.807) is 4.90 Å². The Morgan fingerprint density at radius 2 is 1.83 bits per heavy atom. The Balaban J connectivity index is 1.48. The summed E-state index contributed by atoms with van der Waals surface area (Å²) in [5.74, 6) is -1.13. The molecule has 2 aliphatic rings. The lowest BCUT2D eigenvalue weighted by Crippen LogP contribution is -2.37. The van der Waals surface area contributed by atoms with Crippen molar-refractivity contribution in [3.8, 4) is 5.75 Å². The molecule has 0 bridgehead atoms. The van der Waals surface area contributed by atoms with Gasteiger partial charge in [-0.05, 0) is 32.6 Å². The third kappa shape index (κ3) is 3.38. The van der Waals surface area contributed by atoms with E-state index >= 15 is 0 Å². The second-order valence-electron chi connectivity index (χ2n) is 7.12. The van der Waals surface area contributed by atoms with E-state index in [-0.39, 0.29) is 24.4 Å². The number of nitrogens with zero attached hydrogens (tertiary/aromatic N) is 2. The summed E-state index contributed by atoms with van der Waals surface area (Å²) in [5, 5.41) is 0. The SMILES string of the molecule is CC(C)(C)OC(=O)N1CC2C(COc3c(F)cncc3F)C2C1. The summed E-state index contributed by atoms with van der Waals surface area (Å²) in [6.07, 6.45) is 1.54. The van der Waals surface area contributed by atoms with Crippen molar-refractivity contribution in [3.05, 3.63) is 24.0 Å². The summed E-state index contributed by atoms with van der Waals surface area (Å²) in [6.45, 7) is 6.95. The first-order chi connectivity index (χ1) is 10.8. The molecule has 3 rings (SSSR count). The third-order valence-corrected chi connectivity index (χ3v) is 4.25. The summed E-state index contributed by atoms with van der Waals surface area (Å²) < 4.78 is 37.5. The summed E-state index contributed by atoms with van der Waals surface area (Å²) in [5.41, 5.74) is -0.511. The summed E-state index contributed by atoms with van der Waals surface area (Å²) in [4.78, 5) is 17.1. The monoisotopic (exact) mass is 326 g/mol. The number of hydrogen-bond acceptors (Lipinski definition) is 4. The van der Waals surface area contributed by atoms with Gasteiger partial charge in [0.15, 0.2) is 17.4 Å². The highest BCUT2D eigenvalue weighted by Crippen LogP contribution is 2.52. The van der Waals surface area contributed by atoms with Crippen molar-refractivity contribution in [3.63, 3.8) is 0 Å².